The average molecular weight is 630 g/mol. The van der Waals surface area contributed by atoms with Crippen LogP contribution >= 0.6 is 0 Å². The summed E-state index contributed by atoms with van der Waals surface area (Å²) < 4.78 is 63.8. The van der Waals surface area contributed by atoms with Gasteiger partial charge in [-0.3, -0.25) is 4.98 Å². The van der Waals surface area contributed by atoms with E-state index in [1.165, 1.54) is 22.4 Å². The number of nitrogens with one attached hydrogen (secondary N) is 1. The molecule has 44 heavy (non-hydrogen) atoms. The molecule has 0 saturated carbocycles. The van der Waals surface area contributed by atoms with Gasteiger partial charge in [-0.25, -0.2) is 20.8 Å². The monoisotopic (exact) mass is 629 g/mol. The standard InChI is InChI=1S/C31H27N5O6S2/c1-20-4-11-24(12-5-20)44(39,40)36-19-27(28-14-13-25(18-32-28)43(3,37)38)26-16-22(8-15-29(26)36)30-34-35-31(42-30)33-17-21-6-9-23(41-2)10-7-21/h4-16,18-19H,17H2,1-3H3,(H,33,35). The Labute approximate surface area is 254 Å². The van der Waals surface area contributed by atoms with Gasteiger partial charge in [0.1, 0.15) is 5.75 Å². The quantitative estimate of drug-likeness (QED) is 0.223. The summed E-state index contributed by atoms with van der Waals surface area (Å²) in [7, 11) is -5.85. The Kier molecular flexibility index (Phi) is 7.43. The average Bonchev–Trinajstić information content (AvgIpc) is 3.65. The fraction of sp³-hybridized carbons (Fsp3) is 0.129. The van der Waals surface area contributed by atoms with Crippen LogP contribution in [-0.2, 0) is 26.4 Å². The zero-order valence-corrected chi connectivity index (χ0v) is 25.6. The second kappa shape index (κ2) is 11.2. The van der Waals surface area contributed by atoms with Gasteiger partial charge >= 0.3 is 6.01 Å². The van der Waals surface area contributed by atoms with Crippen LogP contribution in [0.25, 0.3) is 33.6 Å². The molecule has 6 aromatic rings. The number of sulfone groups is 1. The van der Waals surface area contributed by atoms with E-state index in [1.807, 2.05) is 31.2 Å². The van der Waals surface area contributed by atoms with Crippen molar-refractivity contribution in [2.75, 3.05) is 18.7 Å². The molecule has 0 aliphatic carbocycles. The molecule has 3 aromatic carbocycles. The summed E-state index contributed by atoms with van der Waals surface area (Å²) in [6.45, 7) is 2.33. The number of benzene rings is 3. The Bertz CT molecular complexity index is 2190. The second-order valence-electron chi connectivity index (χ2n) is 10.2. The van der Waals surface area contributed by atoms with Crippen molar-refractivity contribution in [3.05, 3.63) is 102 Å². The maximum absolute atomic E-state index is 13.8. The lowest BCUT2D eigenvalue weighted by molar-refractivity contribution is 0.414. The van der Waals surface area contributed by atoms with Crippen molar-refractivity contribution < 1.29 is 26.0 Å². The Hall–Kier alpha value is -5.01. The normalized spacial score (nSPS) is 12.0. The number of ether oxygens (including phenoxy) is 1. The predicted octanol–water partition coefficient (Wildman–Crippen LogP) is 5.32. The lowest BCUT2D eigenvalue weighted by Crippen LogP contribution is -2.11. The van der Waals surface area contributed by atoms with Gasteiger partial charge in [0.25, 0.3) is 10.0 Å². The molecule has 0 amide bonds. The van der Waals surface area contributed by atoms with Crippen LogP contribution in [0.2, 0.25) is 0 Å². The van der Waals surface area contributed by atoms with Crippen LogP contribution in [-0.4, -0.2) is 49.4 Å². The van der Waals surface area contributed by atoms with Crippen molar-refractivity contribution >= 4 is 36.8 Å². The Morgan fingerprint density at radius 1 is 0.886 bits per heavy atom. The number of hydrogen-bond acceptors (Lipinski definition) is 10. The molecule has 0 spiro atoms. The molecule has 11 nitrogen and oxygen atoms in total. The minimum absolute atomic E-state index is 0.0542. The molecule has 3 aromatic heterocycles. The second-order valence-corrected chi connectivity index (χ2v) is 14.0. The topological polar surface area (TPSA) is 146 Å². The van der Waals surface area contributed by atoms with E-state index in [1.54, 1.807) is 55.6 Å². The largest absolute Gasteiger partial charge is 0.497 e. The van der Waals surface area contributed by atoms with E-state index in [0.29, 0.717) is 34.3 Å². The van der Waals surface area contributed by atoms with Gasteiger partial charge in [0.2, 0.25) is 5.89 Å². The van der Waals surface area contributed by atoms with Gasteiger partial charge in [-0.1, -0.05) is 34.9 Å². The fourth-order valence-corrected chi connectivity index (χ4v) is 6.58. The first-order valence-electron chi connectivity index (χ1n) is 13.4. The van der Waals surface area contributed by atoms with Crippen LogP contribution in [0.15, 0.2) is 105 Å². The van der Waals surface area contributed by atoms with E-state index in [9.17, 15) is 16.8 Å². The SMILES string of the molecule is COc1ccc(CNc2nnc(-c3ccc4c(c3)c(-c3ccc(S(C)(=O)=O)cn3)cn4S(=O)(=O)c3ccc(C)cc3)o2)cc1. The Balaban J connectivity index is 1.40. The smallest absolute Gasteiger partial charge is 0.316 e. The highest BCUT2D eigenvalue weighted by Crippen LogP contribution is 2.35. The van der Waals surface area contributed by atoms with E-state index >= 15 is 0 Å². The molecular weight excluding hydrogens is 603 g/mol. The third-order valence-corrected chi connectivity index (χ3v) is 9.85. The summed E-state index contributed by atoms with van der Waals surface area (Å²) in [6, 6.07) is 22.5. The molecule has 0 unspecified atom stereocenters. The van der Waals surface area contributed by atoms with Gasteiger partial charge in [0.15, 0.2) is 9.84 Å². The lowest BCUT2D eigenvalue weighted by atomic mass is 10.1. The molecule has 6 rings (SSSR count). The number of nitrogens with zero attached hydrogens (tertiary/aromatic N) is 4. The summed E-state index contributed by atoms with van der Waals surface area (Å²) in [4.78, 5) is 4.54. The molecule has 0 aliphatic heterocycles. The summed E-state index contributed by atoms with van der Waals surface area (Å²) in [5.41, 5.74) is 3.75. The molecule has 13 heteroatoms. The zero-order chi connectivity index (χ0) is 31.1. The van der Waals surface area contributed by atoms with E-state index in [2.05, 4.69) is 20.5 Å². The van der Waals surface area contributed by atoms with Gasteiger partial charge in [-0.05, 0) is 67.1 Å². The third kappa shape index (κ3) is 5.66. The van der Waals surface area contributed by atoms with Crippen molar-refractivity contribution in [1.82, 2.24) is 19.2 Å². The minimum atomic E-state index is -3.99. The van der Waals surface area contributed by atoms with Crippen LogP contribution in [0, 0.1) is 6.92 Å². The highest BCUT2D eigenvalue weighted by atomic mass is 32.2. The highest BCUT2D eigenvalue weighted by molar-refractivity contribution is 7.90. The van der Waals surface area contributed by atoms with E-state index in [4.69, 9.17) is 9.15 Å². The summed E-state index contributed by atoms with van der Waals surface area (Å²) in [6.07, 6.45) is 3.84. The molecule has 3 heterocycles. The molecule has 0 bridgehead atoms. The molecule has 0 atom stereocenters. The zero-order valence-electron chi connectivity index (χ0n) is 23.9. The first-order chi connectivity index (χ1) is 21.0. The number of hydrogen-bond donors (Lipinski definition) is 1. The minimum Gasteiger partial charge on any atom is -0.497 e. The third-order valence-electron chi connectivity index (χ3n) is 7.06. The number of aromatic nitrogens is 4. The fourth-order valence-electron chi connectivity index (χ4n) is 4.65. The number of anilines is 1. The molecule has 0 fully saturated rings. The number of fused-ring (bicyclic) bond motifs is 1. The van der Waals surface area contributed by atoms with Crippen LogP contribution in [0.4, 0.5) is 6.01 Å². The molecule has 224 valence electrons. The first-order valence-corrected chi connectivity index (χ1v) is 16.7. The van der Waals surface area contributed by atoms with Crippen molar-refractivity contribution in [3.8, 4) is 28.5 Å². The van der Waals surface area contributed by atoms with Gasteiger partial charge in [0, 0.05) is 41.7 Å². The molecule has 0 saturated heterocycles. The molecule has 0 radical (unpaired) electrons. The van der Waals surface area contributed by atoms with Crippen molar-refractivity contribution in [1.29, 1.82) is 0 Å². The van der Waals surface area contributed by atoms with Crippen molar-refractivity contribution in [2.45, 2.75) is 23.3 Å². The number of aryl methyl sites for hydroxylation is 1. The van der Waals surface area contributed by atoms with Crippen LogP contribution < -0.4 is 10.1 Å². The maximum atomic E-state index is 13.8. The maximum Gasteiger partial charge on any atom is 0.316 e. The molecule has 1 N–H and O–H groups in total. The van der Waals surface area contributed by atoms with Gasteiger partial charge in [0.05, 0.1) is 28.1 Å². The van der Waals surface area contributed by atoms with Crippen LogP contribution in [0.3, 0.4) is 0 Å². The summed E-state index contributed by atoms with van der Waals surface area (Å²) in [5, 5.41) is 11.9. The highest BCUT2D eigenvalue weighted by Gasteiger charge is 2.24. The number of rotatable bonds is 9. The van der Waals surface area contributed by atoms with Crippen molar-refractivity contribution in [3.63, 3.8) is 0 Å². The Morgan fingerprint density at radius 2 is 1.61 bits per heavy atom. The van der Waals surface area contributed by atoms with Crippen molar-refractivity contribution in [2.24, 2.45) is 0 Å². The summed E-state index contributed by atoms with van der Waals surface area (Å²) in [5.74, 6) is 0.982. The molecule has 0 aliphatic rings. The van der Waals surface area contributed by atoms with Gasteiger partial charge < -0.3 is 14.5 Å². The number of pyridine rings is 1. The van der Waals surface area contributed by atoms with Crippen LogP contribution in [0.5, 0.6) is 5.75 Å². The Morgan fingerprint density at radius 3 is 2.27 bits per heavy atom. The molecular formula is C31H27N5O6S2. The van der Waals surface area contributed by atoms with Gasteiger partial charge in [-0.2, -0.15) is 0 Å². The van der Waals surface area contributed by atoms with E-state index < -0.39 is 19.9 Å². The summed E-state index contributed by atoms with van der Waals surface area (Å²) >= 11 is 0. The number of methoxy groups -OCH3 is 1. The van der Waals surface area contributed by atoms with Gasteiger partial charge in [-0.15, -0.1) is 5.10 Å². The van der Waals surface area contributed by atoms with Crippen LogP contribution in [0.1, 0.15) is 11.1 Å². The van der Waals surface area contributed by atoms with E-state index in [-0.39, 0.29) is 21.7 Å². The predicted molar refractivity (Wildman–Crippen MR) is 166 cm³/mol. The van der Waals surface area contributed by atoms with E-state index in [0.717, 1.165) is 23.1 Å². The lowest BCUT2D eigenvalue weighted by Gasteiger charge is -2.08. The first kappa shape index (κ1) is 29.1.